The van der Waals surface area contributed by atoms with Crippen LogP contribution in [-0.2, 0) is 5.54 Å². The average molecular weight is 228 g/mol. The molecule has 0 bridgehead atoms. The van der Waals surface area contributed by atoms with Gasteiger partial charge in [-0.2, -0.15) is 0 Å². The molecule has 3 rings (SSSR count). The van der Waals surface area contributed by atoms with Crippen molar-refractivity contribution in [3.8, 4) is 5.69 Å². The first-order chi connectivity index (χ1) is 8.03. The summed E-state index contributed by atoms with van der Waals surface area (Å²) in [6.45, 7) is 6.33. The van der Waals surface area contributed by atoms with Crippen molar-refractivity contribution in [2.24, 2.45) is 0 Å². The van der Waals surface area contributed by atoms with Gasteiger partial charge in [-0.1, -0.05) is 12.1 Å². The summed E-state index contributed by atoms with van der Waals surface area (Å²) in [5.41, 5.74) is 2.23. The van der Waals surface area contributed by atoms with Crippen molar-refractivity contribution in [3.63, 3.8) is 0 Å². The normalized spacial score (nSPS) is 16.6. The Labute approximate surface area is 101 Å². The number of aryl methyl sites for hydroxylation is 1. The molecular formula is C13H16N4. The number of benzene rings is 1. The van der Waals surface area contributed by atoms with Crippen molar-refractivity contribution in [2.75, 3.05) is 11.9 Å². The Balaban J connectivity index is 2.39. The predicted molar refractivity (Wildman–Crippen MR) is 67.5 cm³/mol. The molecule has 0 spiro atoms. The molecular weight excluding hydrogens is 212 g/mol. The van der Waals surface area contributed by atoms with E-state index in [9.17, 15) is 0 Å². The molecule has 1 aromatic carbocycles. The lowest BCUT2D eigenvalue weighted by atomic mass is 9.97. The van der Waals surface area contributed by atoms with E-state index in [1.54, 1.807) is 0 Å². The molecule has 4 heteroatoms. The van der Waals surface area contributed by atoms with Gasteiger partial charge in [-0.25, -0.2) is 0 Å². The van der Waals surface area contributed by atoms with Gasteiger partial charge in [-0.15, -0.1) is 10.2 Å². The van der Waals surface area contributed by atoms with Crippen molar-refractivity contribution in [2.45, 2.75) is 26.3 Å². The monoisotopic (exact) mass is 228 g/mol. The fourth-order valence-electron chi connectivity index (χ4n) is 2.43. The van der Waals surface area contributed by atoms with E-state index in [0.717, 1.165) is 17.3 Å². The Bertz CT molecular complexity index is 583. The van der Waals surface area contributed by atoms with Crippen LogP contribution in [0.1, 0.15) is 25.5 Å². The lowest BCUT2D eigenvalue weighted by molar-refractivity contribution is 0.457. The molecule has 88 valence electrons. The minimum absolute atomic E-state index is 0.143. The number of nitrogens with zero attached hydrogens (tertiary/aromatic N) is 4. The second kappa shape index (κ2) is 3.09. The Kier molecular flexibility index (Phi) is 1.88. The SMILES string of the molecule is Cc1nnc2n1-c1ccccc1N(C)C2(C)C. The van der Waals surface area contributed by atoms with Crippen LogP contribution < -0.4 is 4.90 Å². The largest absolute Gasteiger partial charge is 0.360 e. The fourth-order valence-corrected chi connectivity index (χ4v) is 2.43. The van der Waals surface area contributed by atoms with Gasteiger partial charge in [0.1, 0.15) is 5.82 Å². The maximum atomic E-state index is 4.33. The number of anilines is 1. The Morgan fingerprint density at radius 1 is 1.06 bits per heavy atom. The summed E-state index contributed by atoms with van der Waals surface area (Å²) in [7, 11) is 2.10. The third kappa shape index (κ3) is 1.18. The molecule has 1 aliphatic rings. The van der Waals surface area contributed by atoms with Gasteiger partial charge in [0.05, 0.1) is 16.9 Å². The summed E-state index contributed by atoms with van der Waals surface area (Å²) in [4.78, 5) is 2.26. The highest BCUT2D eigenvalue weighted by Crippen LogP contribution is 2.40. The summed E-state index contributed by atoms with van der Waals surface area (Å²) >= 11 is 0. The summed E-state index contributed by atoms with van der Waals surface area (Å²) in [5, 5.41) is 8.54. The second-order valence-corrected chi connectivity index (χ2v) is 5.01. The first-order valence-corrected chi connectivity index (χ1v) is 5.79. The molecule has 0 saturated heterocycles. The van der Waals surface area contributed by atoms with Gasteiger partial charge in [-0.3, -0.25) is 4.57 Å². The summed E-state index contributed by atoms with van der Waals surface area (Å²) < 4.78 is 2.15. The van der Waals surface area contributed by atoms with Crippen LogP contribution in [0.5, 0.6) is 0 Å². The highest BCUT2D eigenvalue weighted by Gasteiger charge is 2.38. The zero-order valence-electron chi connectivity index (χ0n) is 10.6. The summed E-state index contributed by atoms with van der Waals surface area (Å²) in [6, 6.07) is 8.37. The third-order valence-electron chi connectivity index (χ3n) is 3.69. The minimum atomic E-state index is -0.143. The van der Waals surface area contributed by atoms with Crippen LogP contribution in [0.4, 0.5) is 5.69 Å². The zero-order chi connectivity index (χ0) is 12.2. The molecule has 4 nitrogen and oxygen atoms in total. The van der Waals surface area contributed by atoms with Gasteiger partial charge in [0.15, 0.2) is 5.82 Å². The number of hydrogen-bond donors (Lipinski definition) is 0. The molecule has 0 unspecified atom stereocenters. The average Bonchev–Trinajstić information content (AvgIpc) is 2.70. The van der Waals surface area contributed by atoms with Crippen LogP contribution in [0.25, 0.3) is 5.69 Å². The van der Waals surface area contributed by atoms with Crippen molar-refractivity contribution in [3.05, 3.63) is 35.9 Å². The number of fused-ring (bicyclic) bond motifs is 3. The highest BCUT2D eigenvalue weighted by molar-refractivity contribution is 5.67. The molecule has 0 radical (unpaired) electrons. The van der Waals surface area contributed by atoms with Crippen LogP contribution in [0.2, 0.25) is 0 Å². The van der Waals surface area contributed by atoms with Gasteiger partial charge < -0.3 is 4.90 Å². The lowest BCUT2D eigenvalue weighted by Gasteiger charge is -2.41. The second-order valence-electron chi connectivity index (χ2n) is 5.01. The van der Waals surface area contributed by atoms with E-state index in [1.807, 2.05) is 13.0 Å². The molecule has 0 N–H and O–H groups in total. The van der Waals surface area contributed by atoms with Gasteiger partial charge in [0.25, 0.3) is 0 Å². The molecule has 0 atom stereocenters. The van der Waals surface area contributed by atoms with Gasteiger partial charge >= 0.3 is 0 Å². The van der Waals surface area contributed by atoms with Crippen LogP contribution in [-0.4, -0.2) is 21.8 Å². The molecule has 1 aliphatic heterocycles. The number of para-hydroxylation sites is 2. The Morgan fingerprint density at radius 3 is 2.41 bits per heavy atom. The number of rotatable bonds is 0. The first kappa shape index (κ1) is 10.3. The molecule has 0 aliphatic carbocycles. The van der Waals surface area contributed by atoms with Crippen molar-refractivity contribution in [1.82, 2.24) is 14.8 Å². The summed E-state index contributed by atoms with van der Waals surface area (Å²) in [6.07, 6.45) is 0. The standard InChI is InChI=1S/C13H16N4/c1-9-14-15-12-13(2,3)16(4)10-7-5-6-8-11(10)17(9)12/h5-8H,1-4H3. The lowest BCUT2D eigenvalue weighted by Crippen LogP contribution is -2.44. The van der Waals surface area contributed by atoms with E-state index >= 15 is 0 Å². The fraction of sp³-hybridized carbons (Fsp3) is 0.385. The first-order valence-electron chi connectivity index (χ1n) is 5.79. The van der Waals surface area contributed by atoms with E-state index in [0.29, 0.717) is 0 Å². The highest BCUT2D eigenvalue weighted by atomic mass is 15.4. The quantitative estimate of drug-likeness (QED) is 0.693. The van der Waals surface area contributed by atoms with E-state index < -0.39 is 0 Å². The molecule has 0 amide bonds. The van der Waals surface area contributed by atoms with Crippen LogP contribution in [0.15, 0.2) is 24.3 Å². The van der Waals surface area contributed by atoms with E-state index in [1.165, 1.54) is 5.69 Å². The number of hydrogen-bond acceptors (Lipinski definition) is 3. The zero-order valence-corrected chi connectivity index (χ0v) is 10.6. The van der Waals surface area contributed by atoms with E-state index in [2.05, 4.69) is 58.8 Å². The molecule has 0 fully saturated rings. The number of aromatic nitrogens is 3. The topological polar surface area (TPSA) is 34.0 Å². The molecule has 17 heavy (non-hydrogen) atoms. The van der Waals surface area contributed by atoms with Crippen LogP contribution in [0, 0.1) is 6.92 Å². The van der Waals surface area contributed by atoms with Crippen molar-refractivity contribution in [1.29, 1.82) is 0 Å². The Morgan fingerprint density at radius 2 is 1.71 bits per heavy atom. The predicted octanol–water partition coefficient (Wildman–Crippen LogP) is 2.26. The third-order valence-corrected chi connectivity index (χ3v) is 3.69. The molecule has 0 saturated carbocycles. The van der Waals surface area contributed by atoms with E-state index in [-0.39, 0.29) is 5.54 Å². The maximum Gasteiger partial charge on any atom is 0.163 e. The van der Waals surface area contributed by atoms with Crippen molar-refractivity contribution < 1.29 is 0 Å². The minimum Gasteiger partial charge on any atom is -0.360 e. The maximum absolute atomic E-state index is 4.33. The Hall–Kier alpha value is -1.84. The van der Waals surface area contributed by atoms with Gasteiger partial charge in [0.2, 0.25) is 0 Å². The van der Waals surface area contributed by atoms with Crippen LogP contribution in [0.3, 0.4) is 0 Å². The molecule has 2 heterocycles. The van der Waals surface area contributed by atoms with Gasteiger partial charge in [-0.05, 0) is 32.9 Å². The van der Waals surface area contributed by atoms with Crippen molar-refractivity contribution >= 4 is 5.69 Å². The van der Waals surface area contributed by atoms with Gasteiger partial charge in [0, 0.05) is 7.05 Å². The summed E-state index contributed by atoms with van der Waals surface area (Å²) in [5.74, 6) is 1.94. The smallest absolute Gasteiger partial charge is 0.163 e. The molecule has 1 aromatic heterocycles. The van der Waals surface area contributed by atoms with Crippen LogP contribution >= 0.6 is 0 Å². The molecule has 2 aromatic rings. The van der Waals surface area contributed by atoms with E-state index in [4.69, 9.17) is 0 Å².